The maximum atomic E-state index is 13.0. The third kappa shape index (κ3) is 3.26. The van der Waals surface area contributed by atoms with Crippen molar-refractivity contribution in [3.8, 4) is 0 Å². The molecule has 0 unspecified atom stereocenters. The molecule has 1 nitrogen and oxygen atoms in total. The van der Waals surface area contributed by atoms with Crippen molar-refractivity contribution in [3.05, 3.63) is 28.0 Å². The normalized spacial score (nSPS) is 24.7. The van der Waals surface area contributed by atoms with Gasteiger partial charge < -0.3 is 5.32 Å². The summed E-state index contributed by atoms with van der Waals surface area (Å²) in [6.07, 6.45) is 4.67. The summed E-state index contributed by atoms with van der Waals surface area (Å²) in [7, 11) is 0. The van der Waals surface area contributed by atoms with Crippen LogP contribution in [0.2, 0.25) is 10.0 Å². The Labute approximate surface area is 111 Å². The molecule has 0 radical (unpaired) electrons. The second kappa shape index (κ2) is 5.45. The summed E-state index contributed by atoms with van der Waals surface area (Å²) in [5.74, 6) is 0.398. The maximum absolute atomic E-state index is 13.0. The van der Waals surface area contributed by atoms with E-state index in [0.29, 0.717) is 21.8 Å². The Hall–Kier alpha value is -0.470. The molecule has 0 heterocycles. The molecule has 0 aromatic heterocycles. The lowest BCUT2D eigenvalue weighted by atomic mass is 9.87. The van der Waals surface area contributed by atoms with E-state index in [9.17, 15) is 4.39 Å². The van der Waals surface area contributed by atoms with Crippen LogP contribution in [0, 0.1) is 11.7 Å². The van der Waals surface area contributed by atoms with E-state index in [0.717, 1.165) is 18.8 Å². The summed E-state index contributed by atoms with van der Waals surface area (Å²) in [6.45, 7) is 2.27. The minimum atomic E-state index is -0.400. The van der Waals surface area contributed by atoms with Gasteiger partial charge in [0.05, 0.1) is 15.7 Å². The van der Waals surface area contributed by atoms with Crippen molar-refractivity contribution in [1.29, 1.82) is 0 Å². The quantitative estimate of drug-likeness (QED) is 0.790. The Morgan fingerprint density at radius 2 is 1.65 bits per heavy atom. The Kier molecular flexibility index (Phi) is 4.16. The number of rotatable bonds is 2. The molecular weight excluding hydrogens is 260 g/mol. The monoisotopic (exact) mass is 275 g/mol. The van der Waals surface area contributed by atoms with E-state index in [1.165, 1.54) is 25.0 Å². The lowest BCUT2D eigenvalue weighted by Crippen LogP contribution is -2.25. The number of hydrogen-bond acceptors (Lipinski definition) is 1. The zero-order valence-electron chi connectivity index (χ0n) is 9.77. The first-order valence-electron chi connectivity index (χ1n) is 5.97. The highest BCUT2D eigenvalue weighted by atomic mass is 35.5. The fourth-order valence-corrected chi connectivity index (χ4v) is 2.86. The van der Waals surface area contributed by atoms with Crippen LogP contribution in [-0.2, 0) is 0 Å². The van der Waals surface area contributed by atoms with E-state index in [1.807, 2.05) is 0 Å². The SMILES string of the molecule is CC1CCC(Nc2c(Cl)cc(F)cc2Cl)CC1. The average Bonchev–Trinajstić information content (AvgIpc) is 2.26. The molecule has 0 saturated heterocycles. The number of halogens is 3. The van der Waals surface area contributed by atoms with Crippen LogP contribution in [0.5, 0.6) is 0 Å². The van der Waals surface area contributed by atoms with E-state index in [-0.39, 0.29) is 0 Å². The number of benzene rings is 1. The molecule has 1 aromatic carbocycles. The van der Waals surface area contributed by atoms with Crippen molar-refractivity contribution in [2.45, 2.75) is 38.6 Å². The standard InChI is InChI=1S/C13H16Cl2FN/c1-8-2-4-10(5-3-8)17-13-11(14)6-9(16)7-12(13)15/h6-8,10,17H,2-5H2,1H3. The minimum absolute atomic E-state index is 0.355. The predicted octanol–water partition coefficient (Wildman–Crippen LogP) is 5.12. The van der Waals surface area contributed by atoms with Crippen LogP contribution >= 0.6 is 23.2 Å². The van der Waals surface area contributed by atoms with Crippen molar-refractivity contribution < 1.29 is 4.39 Å². The molecule has 0 bridgehead atoms. The van der Waals surface area contributed by atoms with Crippen molar-refractivity contribution in [2.24, 2.45) is 5.92 Å². The third-order valence-electron chi connectivity index (χ3n) is 3.37. The van der Waals surface area contributed by atoms with Gasteiger partial charge in [-0.1, -0.05) is 30.1 Å². The summed E-state index contributed by atoms with van der Waals surface area (Å²) in [5.41, 5.74) is 0.661. The highest BCUT2D eigenvalue weighted by Crippen LogP contribution is 2.34. The van der Waals surface area contributed by atoms with Crippen LogP contribution in [0.3, 0.4) is 0 Å². The first kappa shape index (κ1) is 13.0. The zero-order chi connectivity index (χ0) is 12.4. The third-order valence-corrected chi connectivity index (χ3v) is 3.97. The van der Waals surface area contributed by atoms with Gasteiger partial charge >= 0.3 is 0 Å². The molecule has 1 aliphatic rings. The second-order valence-corrected chi connectivity index (χ2v) is 5.66. The second-order valence-electron chi connectivity index (χ2n) is 4.85. The summed E-state index contributed by atoms with van der Waals surface area (Å²) in [5, 5.41) is 4.05. The van der Waals surface area contributed by atoms with Gasteiger partial charge in [-0.2, -0.15) is 0 Å². The molecular formula is C13H16Cl2FN. The van der Waals surface area contributed by atoms with E-state index in [2.05, 4.69) is 12.2 Å². The molecule has 1 aromatic rings. The van der Waals surface area contributed by atoms with Gasteiger partial charge in [-0.3, -0.25) is 0 Å². The number of hydrogen-bond donors (Lipinski definition) is 1. The van der Waals surface area contributed by atoms with E-state index >= 15 is 0 Å². The Morgan fingerprint density at radius 1 is 1.12 bits per heavy atom. The largest absolute Gasteiger partial charge is 0.380 e. The van der Waals surface area contributed by atoms with Crippen LogP contribution in [0.4, 0.5) is 10.1 Å². The van der Waals surface area contributed by atoms with E-state index in [1.54, 1.807) is 0 Å². The lowest BCUT2D eigenvalue weighted by molar-refractivity contribution is 0.361. The Morgan fingerprint density at radius 3 is 2.18 bits per heavy atom. The molecule has 2 rings (SSSR count). The van der Waals surface area contributed by atoms with Gasteiger partial charge in [0.1, 0.15) is 5.82 Å². The molecule has 4 heteroatoms. The molecule has 1 fully saturated rings. The molecule has 1 N–H and O–H groups in total. The molecule has 0 atom stereocenters. The summed E-state index contributed by atoms with van der Waals surface area (Å²) in [4.78, 5) is 0. The Balaban J connectivity index is 2.08. The van der Waals surface area contributed by atoms with Crippen LogP contribution in [0.15, 0.2) is 12.1 Å². The smallest absolute Gasteiger partial charge is 0.126 e. The molecule has 0 aliphatic heterocycles. The first-order valence-corrected chi connectivity index (χ1v) is 6.73. The lowest BCUT2D eigenvalue weighted by Gasteiger charge is -2.28. The van der Waals surface area contributed by atoms with E-state index in [4.69, 9.17) is 23.2 Å². The Bertz CT molecular complexity index is 377. The van der Waals surface area contributed by atoms with Gasteiger partial charge in [0, 0.05) is 6.04 Å². The molecule has 0 amide bonds. The average molecular weight is 276 g/mol. The van der Waals surface area contributed by atoms with Gasteiger partial charge in [-0.25, -0.2) is 4.39 Å². The van der Waals surface area contributed by atoms with Crippen LogP contribution in [0.25, 0.3) is 0 Å². The van der Waals surface area contributed by atoms with Crippen LogP contribution < -0.4 is 5.32 Å². The summed E-state index contributed by atoms with van der Waals surface area (Å²) in [6, 6.07) is 2.98. The molecule has 17 heavy (non-hydrogen) atoms. The number of nitrogens with one attached hydrogen (secondary N) is 1. The number of anilines is 1. The molecule has 1 aliphatic carbocycles. The fraction of sp³-hybridized carbons (Fsp3) is 0.538. The van der Waals surface area contributed by atoms with Crippen molar-refractivity contribution in [1.82, 2.24) is 0 Å². The molecule has 94 valence electrons. The fourth-order valence-electron chi connectivity index (χ4n) is 2.29. The minimum Gasteiger partial charge on any atom is -0.380 e. The van der Waals surface area contributed by atoms with Gasteiger partial charge in [0.15, 0.2) is 0 Å². The highest BCUT2D eigenvalue weighted by molar-refractivity contribution is 6.39. The topological polar surface area (TPSA) is 12.0 Å². The summed E-state index contributed by atoms with van der Waals surface area (Å²) >= 11 is 12.0. The summed E-state index contributed by atoms with van der Waals surface area (Å²) < 4.78 is 13.0. The van der Waals surface area contributed by atoms with Gasteiger partial charge in [-0.05, 0) is 43.7 Å². The van der Waals surface area contributed by atoms with Crippen LogP contribution in [0.1, 0.15) is 32.6 Å². The zero-order valence-corrected chi connectivity index (χ0v) is 11.3. The molecule has 0 spiro atoms. The highest BCUT2D eigenvalue weighted by Gasteiger charge is 2.20. The van der Waals surface area contributed by atoms with Crippen molar-refractivity contribution in [3.63, 3.8) is 0 Å². The van der Waals surface area contributed by atoms with Crippen molar-refractivity contribution >= 4 is 28.9 Å². The van der Waals surface area contributed by atoms with E-state index < -0.39 is 5.82 Å². The van der Waals surface area contributed by atoms with Crippen molar-refractivity contribution in [2.75, 3.05) is 5.32 Å². The van der Waals surface area contributed by atoms with Gasteiger partial charge in [0.2, 0.25) is 0 Å². The molecule has 1 saturated carbocycles. The first-order chi connectivity index (χ1) is 8.06. The maximum Gasteiger partial charge on any atom is 0.126 e. The van der Waals surface area contributed by atoms with Gasteiger partial charge in [-0.15, -0.1) is 0 Å². The van der Waals surface area contributed by atoms with Crippen LogP contribution in [-0.4, -0.2) is 6.04 Å². The van der Waals surface area contributed by atoms with Gasteiger partial charge in [0.25, 0.3) is 0 Å². The predicted molar refractivity (Wildman–Crippen MR) is 71.5 cm³/mol.